The van der Waals surface area contributed by atoms with Gasteiger partial charge in [0.2, 0.25) is 0 Å². The first-order valence-corrected chi connectivity index (χ1v) is 9.14. The van der Waals surface area contributed by atoms with Gasteiger partial charge in [-0.25, -0.2) is 0 Å². The lowest BCUT2D eigenvalue weighted by molar-refractivity contribution is -0.131. The van der Waals surface area contributed by atoms with Crippen LogP contribution in [0.1, 0.15) is 46.5 Å². The Morgan fingerprint density at radius 1 is 1.17 bits per heavy atom. The van der Waals surface area contributed by atoms with Gasteiger partial charge in [0.05, 0.1) is 5.41 Å². The molecule has 2 fully saturated rings. The Morgan fingerprint density at radius 3 is 2.62 bits per heavy atom. The molecule has 6 atom stereocenters. The molecule has 0 aromatic carbocycles. The van der Waals surface area contributed by atoms with Crippen molar-refractivity contribution in [2.75, 3.05) is 0 Å². The SMILES string of the molecule is CC(=O)[C@H]1CC[C@H]2[C@@H]3C=CC4=CC(O)=CC(=O)[C@]4(C)[C@H]3CC[C@]12C. The molecule has 128 valence electrons. The monoisotopic (exact) mass is 326 g/mol. The maximum absolute atomic E-state index is 12.8. The van der Waals surface area contributed by atoms with E-state index >= 15 is 0 Å². The number of hydrogen-bond donors (Lipinski definition) is 1. The molecule has 0 spiro atoms. The molecular formula is C21H26O3. The van der Waals surface area contributed by atoms with E-state index in [4.69, 9.17) is 0 Å². The van der Waals surface area contributed by atoms with Crippen LogP contribution in [0.5, 0.6) is 0 Å². The second-order valence-corrected chi connectivity index (χ2v) is 8.67. The van der Waals surface area contributed by atoms with Crippen molar-refractivity contribution in [3.05, 3.63) is 35.6 Å². The van der Waals surface area contributed by atoms with Crippen molar-refractivity contribution in [1.29, 1.82) is 0 Å². The number of carbonyl (C=O) groups excluding carboxylic acids is 2. The molecule has 3 nitrogen and oxygen atoms in total. The van der Waals surface area contributed by atoms with Gasteiger partial charge in [-0.05, 0) is 74.3 Å². The Bertz CT molecular complexity index is 713. The number of rotatable bonds is 1. The molecule has 0 radical (unpaired) electrons. The van der Waals surface area contributed by atoms with Crippen molar-refractivity contribution in [2.45, 2.75) is 46.5 Å². The average Bonchev–Trinajstić information content (AvgIpc) is 2.86. The van der Waals surface area contributed by atoms with Crippen LogP contribution in [0.4, 0.5) is 0 Å². The third kappa shape index (κ3) is 1.84. The van der Waals surface area contributed by atoms with Crippen molar-refractivity contribution in [1.82, 2.24) is 0 Å². The molecular weight excluding hydrogens is 300 g/mol. The molecule has 0 aliphatic heterocycles. The van der Waals surface area contributed by atoms with Crippen molar-refractivity contribution in [3.8, 4) is 0 Å². The van der Waals surface area contributed by atoms with Crippen LogP contribution in [-0.2, 0) is 9.59 Å². The quantitative estimate of drug-likeness (QED) is 0.787. The molecule has 24 heavy (non-hydrogen) atoms. The molecule has 0 unspecified atom stereocenters. The summed E-state index contributed by atoms with van der Waals surface area (Å²) in [6.07, 6.45) is 11.5. The maximum atomic E-state index is 12.8. The minimum atomic E-state index is -0.527. The van der Waals surface area contributed by atoms with Crippen LogP contribution >= 0.6 is 0 Å². The zero-order chi connectivity index (χ0) is 17.3. The summed E-state index contributed by atoms with van der Waals surface area (Å²) in [4.78, 5) is 24.9. The minimum Gasteiger partial charge on any atom is -0.508 e. The summed E-state index contributed by atoms with van der Waals surface area (Å²) >= 11 is 0. The van der Waals surface area contributed by atoms with Gasteiger partial charge in [0.1, 0.15) is 11.5 Å². The predicted octanol–water partition coefficient (Wildman–Crippen LogP) is 4.16. The first-order valence-electron chi connectivity index (χ1n) is 9.14. The molecule has 4 aliphatic carbocycles. The van der Waals surface area contributed by atoms with E-state index in [1.165, 1.54) is 6.08 Å². The van der Waals surface area contributed by atoms with Crippen molar-refractivity contribution < 1.29 is 14.7 Å². The predicted molar refractivity (Wildman–Crippen MR) is 92.3 cm³/mol. The van der Waals surface area contributed by atoms with Gasteiger partial charge in [0.25, 0.3) is 0 Å². The van der Waals surface area contributed by atoms with Crippen LogP contribution in [0.25, 0.3) is 0 Å². The fourth-order valence-electron chi connectivity index (χ4n) is 6.41. The average molecular weight is 326 g/mol. The molecule has 4 aliphatic rings. The summed E-state index contributed by atoms with van der Waals surface area (Å²) in [6, 6.07) is 0. The molecule has 1 N–H and O–H groups in total. The maximum Gasteiger partial charge on any atom is 0.169 e. The largest absolute Gasteiger partial charge is 0.508 e. The van der Waals surface area contributed by atoms with E-state index in [0.29, 0.717) is 17.6 Å². The van der Waals surface area contributed by atoms with Gasteiger partial charge in [-0.15, -0.1) is 0 Å². The normalized spacial score (nSPS) is 46.5. The number of ketones is 2. The summed E-state index contributed by atoms with van der Waals surface area (Å²) in [5.74, 6) is 1.70. The van der Waals surface area contributed by atoms with E-state index in [1.807, 2.05) is 6.92 Å². The van der Waals surface area contributed by atoms with E-state index in [1.54, 1.807) is 13.0 Å². The lowest BCUT2D eigenvalue weighted by Crippen LogP contribution is -2.51. The van der Waals surface area contributed by atoms with E-state index in [-0.39, 0.29) is 28.8 Å². The van der Waals surface area contributed by atoms with Crippen LogP contribution in [0.3, 0.4) is 0 Å². The highest BCUT2D eigenvalue weighted by atomic mass is 16.3. The molecule has 0 bridgehead atoms. The number of carbonyl (C=O) groups is 2. The third-order valence-electron chi connectivity index (χ3n) is 7.76. The van der Waals surface area contributed by atoms with Crippen LogP contribution in [0.15, 0.2) is 35.6 Å². The zero-order valence-electron chi connectivity index (χ0n) is 14.7. The highest BCUT2D eigenvalue weighted by molar-refractivity contribution is 6.00. The van der Waals surface area contributed by atoms with Crippen molar-refractivity contribution in [3.63, 3.8) is 0 Å². The summed E-state index contributed by atoms with van der Waals surface area (Å²) in [5, 5.41) is 9.81. The summed E-state index contributed by atoms with van der Waals surface area (Å²) in [6.45, 7) is 6.08. The standard InChI is InChI=1S/C21H26O3/c1-12(22)16-6-7-17-15-5-4-13-10-14(23)11-19(24)21(13,3)18(15)8-9-20(16,17)2/h4-5,10-11,15-18,23H,6-9H2,1-3H3/t15-,16+,17-,18-,20+,21-/m0/s1. The van der Waals surface area contributed by atoms with Gasteiger partial charge in [-0.1, -0.05) is 19.1 Å². The summed E-state index contributed by atoms with van der Waals surface area (Å²) in [7, 11) is 0. The Balaban J connectivity index is 1.76. The third-order valence-corrected chi connectivity index (χ3v) is 7.76. The van der Waals surface area contributed by atoms with Crippen molar-refractivity contribution in [2.24, 2.45) is 34.5 Å². The van der Waals surface area contributed by atoms with Gasteiger partial charge >= 0.3 is 0 Å². The molecule has 2 saturated carbocycles. The number of aliphatic hydroxyl groups is 1. The Morgan fingerprint density at radius 2 is 1.92 bits per heavy atom. The van der Waals surface area contributed by atoms with Crippen LogP contribution in [0, 0.1) is 34.5 Å². The zero-order valence-corrected chi connectivity index (χ0v) is 14.7. The Labute approximate surface area is 143 Å². The van der Waals surface area contributed by atoms with Gasteiger partial charge in [0.15, 0.2) is 5.78 Å². The molecule has 0 saturated heterocycles. The highest BCUT2D eigenvalue weighted by Gasteiger charge is 2.60. The van der Waals surface area contributed by atoms with Gasteiger partial charge in [-0.3, -0.25) is 9.59 Å². The fraction of sp³-hybridized carbons (Fsp3) is 0.619. The van der Waals surface area contributed by atoms with Gasteiger partial charge in [0, 0.05) is 12.0 Å². The first-order chi connectivity index (χ1) is 11.3. The van der Waals surface area contributed by atoms with Gasteiger partial charge < -0.3 is 5.11 Å². The lowest BCUT2D eigenvalue weighted by Gasteiger charge is -2.54. The molecule has 0 amide bonds. The van der Waals surface area contributed by atoms with E-state index in [9.17, 15) is 14.7 Å². The highest BCUT2D eigenvalue weighted by Crippen LogP contribution is 2.64. The Hall–Kier alpha value is -1.64. The second kappa shape index (κ2) is 4.93. The van der Waals surface area contributed by atoms with E-state index in [0.717, 1.165) is 31.3 Å². The van der Waals surface area contributed by atoms with E-state index < -0.39 is 5.41 Å². The molecule has 0 aromatic rings. The molecule has 4 rings (SSSR count). The lowest BCUT2D eigenvalue weighted by atomic mass is 9.48. The van der Waals surface area contributed by atoms with Crippen LogP contribution in [0.2, 0.25) is 0 Å². The molecule has 3 heteroatoms. The summed E-state index contributed by atoms with van der Waals surface area (Å²) < 4.78 is 0. The van der Waals surface area contributed by atoms with Crippen LogP contribution < -0.4 is 0 Å². The Kier molecular flexibility index (Phi) is 3.26. The van der Waals surface area contributed by atoms with Crippen molar-refractivity contribution >= 4 is 11.6 Å². The number of aliphatic hydroxyl groups excluding tert-OH is 1. The minimum absolute atomic E-state index is 0.0292. The van der Waals surface area contributed by atoms with Crippen LogP contribution in [-0.4, -0.2) is 16.7 Å². The number of allylic oxidation sites excluding steroid dienone is 5. The van der Waals surface area contributed by atoms with E-state index in [2.05, 4.69) is 19.1 Å². The second-order valence-electron chi connectivity index (χ2n) is 8.67. The number of fused-ring (bicyclic) bond motifs is 5. The summed E-state index contributed by atoms with van der Waals surface area (Å²) in [5.41, 5.74) is 0.491. The number of Topliss-reactive ketones (excluding diaryl/α,β-unsaturated/α-hetero) is 1. The topological polar surface area (TPSA) is 54.4 Å². The fourth-order valence-corrected chi connectivity index (χ4v) is 6.41. The molecule has 0 aromatic heterocycles. The number of hydrogen-bond acceptors (Lipinski definition) is 3. The van der Waals surface area contributed by atoms with Gasteiger partial charge in [-0.2, -0.15) is 0 Å². The molecule has 0 heterocycles. The smallest absolute Gasteiger partial charge is 0.169 e. The first kappa shape index (κ1) is 15.9.